The maximum atomic E-state index is 13.5. The summed E-state index contributed by atoms with van der Waals surface area (Å²) in [5.74, 6) is 3.52. The van der Waals surface area contributed by atoms with Gasteiger partial charge in [-0.25, -0.2) is 0 Å². The first kappa shape index (κ1) is 18.6. The Morgan fingerprint density at radius 1 is 1.14 bits per heavy atom. The van der Waals surface area contributed by atoms with Crippen LogP contribution < -0.4 is 0 Å². The highest BCUT2D eigenvalue weighted by Crippen LogP contribution is 2.66. The molecule has 4 aliphatic rings. The van der Waals surface area contributed by atoms with Crippen molar-refractivity contribution in [2.24, 2.45) is 34.5 Å². The molecule has 0 saturated heterocycles. The van der Waals surface area contributed by atoms with E-state index in [0.29, 0.717) is 17.1 Å². The first-order chi connectivity index (χ1) is 13.5. The van der Waals surface area contributed by atoms with Crippen LogP contribution in [0.5, 0.6) is 0 Å². The lowest BCUT2D eigenvalue weighted by atomic mass is 9.45. The van der Waals surface area contributed by atoms with E-state index in [4.69, 9.17) is 0 Å². The molecule has 1 aromatic heterocycles. The summed E-state index contributed by atoms with van der Waals surface area (Å²) in [6.45, 7) is 7.88. The normalized spacial score (nSPS) is 44.2. The summed E-state index contributed by atoms with van der Waals surface area (Å²) in [5.41, 5.74) is 2.41. The number of aromatic nitrogens is 2. The van der Waals surface area contributed by atoms with E-state index in [0.717, 1.165) is 48.4 Å². The number of aryl methyl sites for hydroxylation is 1. The van der Waals surface area contributed by atoms with Gasteiger partial charge in [-0.1, -0.05) is 26.7 Å². The second-order valence-electron chi connectivity index (χ2n) is 10.7. The van der Waals surface area contributed by atoms with E-state index in [1.54, 1.807) is 0 Å². The SMILES string of the molecule is CCn1ccc(/C=C2\C[C@H]3[C@@H]4CC[C@H]5CCCC[C@]5(C)[C@H]4CC[C@]3(C)C2=O)n1. The monoisotopic (exact) mass is 380 g/mol. The number of ketones is 1. The van der Waals surface area contributed by atoms with Crippen molar-refractivity contribution >= 4 is 11.9 Å². The second-order valence-corrected chi connectivity index (χ2v) is 10.7. The van der Waals surface area contributed by atoms with Crippen LogP contribution in [0.2, 0.25) is 0 Å². The van der Waals surface area contributed by atoms with Crippen LogP contribution in [0, 0.1) is 34.5 Å². The van der Waals surface area contributed by atoms with E-state index in [1.165, 1.54) is 44.9 Å². The Morgan fingerprint density at radius 3 is 2.79 bits per heavy atom. The highest BCUT2D eigenvalue weighted by Gasteiger charge is 2.60. The van der Waals surface area contributed by atoms with E-state index >= 15 is 0 Å². The van der Waals surface area contributed by atoms with Crippen molar-refractivity contribution in [3.8, 4) is 0 Å². The summed E-state index contributed by atoms with van der Waals surface area (Å²) >= 11 is 0. The molecule has 0 N–H and O–H groups in total. The maximum absolute atomic E-state index is 13.5. The lowest BCUT2D eigenvalue weighted by Crippen LogP contribution is -2.52. The molecule has 1 aromatic rings. The fraction of sp³-hybridized carbons (Fsp3) is 0.760. The molecule has 6 atom stereocenters. The van der Waals surface area contributed by atoms with Gasteiger partial charge in [0.1, 0.15) is 0 Å². The number of rotatable bonds is 2. The Hall–Kier alpha value is -1.38. The average Bonchev–Trinajstić information content (AvgIpc) is 3.25. The Bertz CT molecular complexity index is 807. The smallest absolute Gasteiger partial charge is 0.165 e. The zero-order chi connectivity index (χ0) is 19.5. The molecule has 5 rings (SSSR count). The molecule has 0 spiro atoms. The lowest BCUT2D eigenvalue weighted by molar-refractivity contribution is -0.137. The minimum absolute atomic E-state index is 0.127. The van der Waals surface area contributed by atoms with Gasteiger partial charge in [-0.05, 0) is 98.7 Å². The van der Waals surface area contributed by atoms with Crippen molar-refractivity contribution in [2.75, 3.05) is 0 Å². The van der Waals surface area contributed by atoms with Gasteiger partial charge < -0.3 is 0 Å². The van der Waals surface area contributed by atoms with Gasteiger partial charge in [0.2, 0.25) is 0 Å². The molecule has 0 unspecified atom stereocenters. The van der Waals surface area contributed by atoms with Gasteiger partial charge in [-0.15, -0.1) is 0 Å². The molecule has 3 heteroatoms. The average molecular weight is 381 g/mol. The van der Waals surface area contributed by atoms with Crippen molar-refractivity contribution in [1.29, 1.82) is 0 Å². The van der Waals surface area contributed by atoms with Crippen molar-refractivity contribution in [3.63, 3.8) is 0 Å². The molecule has 4 fully saturated rings. The predicted octanol–water partition coefficient (Wildman–Crippen LogP) is 5.90. The zero-order valence-corrected chi connectivity index (χ0v) is 17.9. The van der Waals surface area contributed by atoms with E-state index < -0.39 is 0 Å². The summed E-state index contributed by atoms with van der Waals surface area (Å²) in [5, 5.41) is 4.60. The number of carbonyl (C=O) groups is 1. The fourth-order valence-corrected chi connectivity index (χ4v) is 7.90. The van der Waals surface area contributed by atoms with Gasteiger partial charge in [0.25, 0.3) is 0 Å². The Labute approximate surface area is 170 Å². The predicted molar refractivity (Wildman–Crippen MR) is 113 cm³/mol. The number of nitrogens with zero attached hydrogens (tertiary/aromatic N) is 2. The van der Waals surface area contributed by atoms with Crippen molar-refractivity contribution in [1.82, 2.24) is 9.78 Å². The quantitative estimate of drug-likeness (QED) is 0.599. The third-order valence-corrected chi connectivity index (χ3v) is 9.53. The largest absolute Gasteiger partial charge is 0.294 e. The number of hydrogen-bond donors (Lipinski definition) is 0. The van der Waals surface area contributed by atoms with Crippen LogP contribution >= 0.6 is 0 Å². The molecule has 0 aromatic carbocycles. The van der Waals surface area contributed by atoms with Crippen LogP contribution in [-0.4, -0.2) is 15.6 Å². The van der Waals surface area contributed by atoms with Gasteiger partial charge in [-0.2, -0.15) is 5.10 Å². The minimum atomic E-state index is -0.127. The molecule has 1 heterocycles. The Morgan fingerprint density at radius 2 is 2.00 bits per heavy atom. The van der Waals surface area contributed by atoms with Crippen LogP contribution in [0.4, 0.5) is 0 Å². The molecule has 4 aliphatic carbocycles. The summed E-state index contributed by atoms with van der Waals surface area (Å²) in [6.07, 6.45) is 16.0. The first-order valence-corrected chi connectivity index (χ1v) is 11.7. The summed E-state index contributed by atoms with van der Waals surface area (Å²) in [4.78, 5) is 13.5. The molecule has 28 heavy (non-hydrogen) atoms. The van der Waals surface area contributed by atoms with E-state index in [-0.39, 0.29) is 5.41 Å². The van der Waals surface area contributed by atoms with Crippen molar-refractivity contribution in [2.45, 2.75) is 85.1 Å². The van der Waals surface area contributed by atoms with Crippen molar-refractivity contribution < 1.29 is 4.79 Å². The number of fused-ring (bicyclic) bond motifs is 5. The second kappa shape index (κ2) is 6.57. The minimum Gasteiger partial charge on any atom is -0.294 e. The summed E-state index contributed by atoms with van der Waals surface area (Å²) in [6, 6.07) is 2.05. The third kappa shape index (κ3) is 2.60. The summed E-state index contributed by atoms with van der Waals surface area (Å²) in [7, 11) is 0. The van der Waals surface area contributed by atoms with Crippen LogP contribution in [0.1, 0.15) is 84.3 Å². The first-order valence-electron chi connectivity index (χ1n) is 11.7. The van der Waals surface area contributed by atoms with Crippen LogP contribution in [0.3, 0.4) is 0 Å². The number of allylic oxidation sites excluding steroid dienone is 1. The highest BCUT2D eigenvalue weighted by atomic mass is 16.1. The standard InChI is InChI=1S/C25H36N2O/c1-4-27-14-11-19(26-27)15-17-16-22-20-9-8-18-7-5-6-12-24(18,2)21(20)10-13-25(22,3)23(17)28/h11,14-15,18,20-22H,4-10,12-13,16H2,1-3H3/b17-15+/t18-,20-,21+,22+,24+,25+/m1/s1. The maximum Gasteiger partial charge on any atom is 0.165 e. The third-order valence-electron chi connectivity index (χ3n) is 9.53. The molecule has 152 valence electrons. The van der Waals surface area contributed by atoms with Crippen LogP contribution in [0.15, 0.2) is 17.8 Å². The van der Waals surface area contributed by atoms with Crippen LogP contribution in [-0.2, 0) is 11.3 Å². The summed E-state index contributed by atoms with van der Waals surface area (Å²) < 4.78 is 1.95. The number of Topliss-reactive ketones (excluding diaryl/α,β-unsaturated/α-hetero) is 1. The van der Waals surface area contributed by atoms with Crippen molar-refractivity contribution in [3.05, 3.63) is 23.5 Å². The Balaban J connectivity index is 1.45. The van der Waals surface area contributed by atoms with Gasteiger partial charge >= 0.3 is 0 Å². The number of carbonyl (C=O) groups excluding carboxylic acids is 1. The lowest BCUT2D eigenvalue weighted by Gasteiger charge is -2.59. The topological polar surface area (TPSA) is 34.9 Å². The zero-order valence-electron chi connectivity index (χ0n) is 17.9. The molecule has 3 nitrogen and oxygen atoms in total. The molecular weight excluding hydrogens is 344 g/mol. The van der Waals surface area contributed by atoms with E-state index in [2.05, 4.69) is 31.9 Å². The van der Waals surface area contributed by atoms with Gasteiger partial charge in [-0.3, -0.25) is 9.48 Å². The van der Waals surface area contributed by atoms with E-state index in [9.17, 15) is 4.79 Å². The molecule has 0 amide bonds. The van der Waals surface area contributed by atoms with Crippen LogP contribution in [0.25, 0.3) is 6.08 Å². The molecule has 0 aliphatic heterocycles. The molecule has 4 saturated carbocycles. The van der Waals surface area contributed by atoms with Gasteiger partial charge in [0, 0.05) is 18.2 Å². The van der Waals surface area contributed by atoms with Gasteiger partial charge in [0.05, 0.1) is 5.69 Å². The molecule has 0 radical (unpaired) electrons. The Kier molecular flexibility index (Phi) is 4.37. The fourth-order valence-electron chi connectivity index (χ4n) is 7.90. The molecule has 0 bridgehead atoms. The molecular formula is C25H36N2O. The van der Waals surface area contributed by atoms with Gasteiger partial charge in [0.15, 0.2) is 5.78 Å². The number of hydrogen-bond acceptors (Lipinski definition) is 2. The highest BCUT2D eigenvalue weighted by molar-refractivity contribution is 6.05. The van der Waals surface area contributed by atoms with E-state index in [1.807, 2.05) is 16.9 Å².